The largest absolute Gasteiger partial charge is 0.417 e. The van der Waals surface area contributed by atoms with E-state index in [1.54, 1.807) is 6.20 Å². The van der Waals surface area contributed by atoms with E-state index in [0.29, 0.717) is 12.1 Å². The van der Waals surface area contributed by atoms with E-state index in [1.165, 1.54) is 0 Å². The Labute approximate surface area is 135 Å². The van der Waals surface area contributed by atoms with Crippen LogP contribution in [0, 0.1) is 0 Å². The lowest BCUT2D eigenvalue weighted by molar-refractivity contribution is -0.137. The smallest absolute Gasteiger partial charge is 0.346 e. The molecule has 128 valence electrons. The standard InChI is InChI=1S/C15H16F3N5O/c16-15(17,18)11-1-2-12(20-8-11)14(24)21-6-10-7-22-23-13(10)9-3-4-19-5-9/h1-2,7-9,19H,3-6H2,(H,21,24)(H,22,23). The number of halogens is 3. The van der Waals surface area contributed by atoms with Crippen LogP contribution in [0.3, 0.4) is 0 Å². The SMILES string of the molecule is O=C(NCc1cn[nH]c1C1CCNC1)c1ccc(C(F)(F)F)cn1. The van der Waals surface area contributed by atoms with Gasteiger partial charge in [-0.25, -0.2) is 0 Å². The molecule has 3 heterocycles. The number of carbonyl (C=O) groups is 1. The molecule has 3 N–H and O–H groups in total. The molecular formula is C15H16F3N5O. The Hall–Kier alpha value is -2.42. The maximum Gasteiger partial charge on any atom is 0.417 e. The van der Waals surface area contributed by atoms with Gasteiger partial charge in [-0.05, 0) is 25.1 Å². The summed E-state index contributed by atoms with van der Waals surface area (Å²) in [4.78, 5) is 15.6. The van der Waals surface area contributed by atoms with Crippen LogP contribution in [0.5, 0.6) is 0 Å². The van der Waals surface area contributed by atoms with Crippen LogP contribution < -0.4 is 10.6 Å². The summed E-state index contributed by atoms with van der Waals surface area (Å²) in [5, 5.41) is 12.9. The summed E-state index contributed by atoms with van der Waals surface area (Å²) >= 11 is 0. The maximum atomic E-state index is 12.5. The Bertz CT molecular complexity index is 705. The van der Waals surface area contributed by atoms with Gasteiger partial charge in [-0.15, -0.1) is 0 Å². The fourth-order valence-electron chi connectivity index (χ4n) is 2.68. The van der Waals surface area contributed by atoms with E-state index in [4.69, 9.17) is 0 Å². The molecule has 1 fully saturated rings. The third-order valence-electron chi connectivity index (χ3n) is 3.98. The number of H-pyrrole nitrogens is 1. The van der Waals surface area contributed by atoms with Gasteiger partial charge in [0.05, 0.1) is 11.8 Å². The Morgan fingerprint density at radius 2 is 2.17 bits per heavy atom. The van der Waals surface area contributed by atoms with Crippen LogP contribution in [-0.4, -0.2) is 34.2 Å². The fourth-order valence-corrected chi connectivity index (χ4v) is 2.68. The van der Waals surface area contributed by atoms with Crippen LogP contribution in [0.1, 0.15) is 39.6 Å². The molecule has 2 aromatic rings. The molecule has 1 saturated heterocycles. The molecule has 0 radical (unpaired) electrons. The second-order valence-corrected chi connectivity index (χ2v) is 5.61. The van der Waals surface area contributed by atoms with Crippen molar-refractivity contribution in [2.45, 2.75) is 25.1 Å². The normalized spacial score (nSPS) is 17.9. The molecule has 0 aromatic carbocycles. The molecule has 1 amide bonds. The van der Waals surface area contributed by atoms with Crippen molar-refractivity contribution in [1.82, 2.24) is 25.8 Å². The third kappa shape index (κ3) is 3.56. The van der Waals surface area contributed by atoms with Gasteiger partial charge in [0.2, 0.25) is 0 Å². The summed E-state index contributed by atoms with van der Waals surface area (Å²) in [5.41, 5.74) is 0.894. The van der Waals surface area contributed by atoms with E-state index in [-0.39, 0.29) is 12.2 Å². The van der Waals surface area contributed by atoms with Crippen molar-refractivity contribution in [3.8, 4) is 0 Å². The number of rotatable bonds is 4. The summed E-state index contributed by atoms with van der Waals surface area (Å²) in [6.07, 6.45) is -1.18. The van der Waals surface area contributed by atoms with Crippen LogP contribution in [0.2, 0.25) is 0 Å². The molecule has 1 unspecified atom stereocenters. The number of hydrogen-bond donors (Lipinski definition) is 3. The lowest BCUT2D eigenvalue weighted by Gasteiger charge is -2.10. The van der Waals surface area contributed by atoms with Crippen LogP contribution in [0.15, 0.2) is 24.5 Å². The average molecular weight is 339 g/mol. The highest BCUT2D eigenvalue weighted by molar-refractivity contribution is 5.92. The minimum absolute atomic E-state index is 0.0597. The van der Waals surface area contributed by atoms with E-state index in [9.17, 15) is 18.0 Å². The predicted octanol–water partition coefficient (Wildman–Crippen LogP) is 1.83. The number of carbonyl (C=O) groups excluding carboxylic acids is 1. The first kappa shape index (κ1) is 16.4. The van der Waals surface area contributed by atoms with E-state index in [1.807, 2.05) is 0 Å². The van der Waals surface area contributed by atoms with Gasteiger partial charge in [-0.2, -0.15) is 18.3 Å². The highest BCUT2D eigenvalue weighted by atomic mass is 19.4. The molecule has 0 spiro atoms. The van der Waals surface area contributed by atoms with E-state index < -0.39 is 17.6 Å². The number of alkyl halides is 3. The molecule has 9 heteroatoms. The number of nitrogens with zero attached hydrogens (tertiary/aromatic N) is 2. The Morgan fingerprint density at radius 3 is 2.79 bits per heavy atom. The number of nitrogens with one attached hydrogen (secondary N) is 3. The summed E-state index contributed by atoms with van der Waals surface area (Å²) in [6, 6.07) is 1.91. The molecule has 6 nitrogen and oxygen atoms in total. The summed E-state index contributed by atoms with van der Waals surface area (Å²) in [6.45, 7) is 2.03. The highest BCUT2D eigenvalue weighted by Crippen LogP contribution is 2.28. The molecule has 2 aromatic heterocycles. The maximum absolute atomic E-state index is 12.5. The van der Waals surface area contributed by atoms with Gasteiger partial charge in [-0.3, -0.25) is 14.9 Å². The summed E-state index contributed by atoms with van der Waals surface area (Å²) in [5.74, 6) is -0.205. The molecule has 0 aliphatic carbocycles. The minimum atomic E-state index is -4.47. The average Bonchev–Trinajstić information content (AvgIpc) is 3.22. The summed E-state index contributed by atoms with van der Waals surface area (Å²) in [7, 11) is 0. The highest BCUT2D eigenvalue weighted by Gasteiger charge is 2.31. The van der Waals surface area contributed by atoms with Crippen molar-refractivity contribution in [3.05, 3.63) is 47.0 Å². The van der Waals surface area contributed by atoms with Crippen molar-refractivity contribution in [2.75, 3.05) is 13.1 Å². The predicted molar refractivity (Wildman–Crippen MR) is 79.2 cm³/mol. The molecule has 0 saturated carbocycles. The summed E-state index contributed by atoms with van der Waals surface area (Å²) < 4.78 is 37.5. The first-order valence-electron chi connectivity index (χ1n) is 7.49. The second-order valence-electron chi connectivity index (χ2n) is 5.61. The number of aromatic nitrogens is 3. The lowest BCUT2D eigenvalue weighted by atomic mass is 10.0. The Kier molecular flexibility index (Phi) is 4.52. The van der Waals surface area contributed by atoms with Crippen molar-refractivity contribution < 1.29 is 18.0 Å². The van der Waals surface area contributed by atoms with Crippen molar-refractivity contribution in [1.29, 1.82) is 0 Å². The number of pyridine rings is 1. The zero-order chi connectivity index (χ0) is 17.2. The third-order valence-corrected chi connectivity index (χ3v) is 3.98. The molecule has 3 rings (SSSR count). The van der Waals surface area contributed by atoms with Gasteiger partial charge >= 0.3 is 6.18 Å². The van der Waals surface area contributed by atoms with Crippen LogP contribution in [0.4, 0.5) is 13.2 Å². The van der Waals surface area contributed by atoms with Crippen LogP contribution in [0.25, 0.3) is 0 Å². The minimum Gasteiger partial charge on any atom is -0.346 e. The Balaban J connectivity index is 1.63. The second kappa shape index (κ2) is 6.60. The Morgan fingerprint density at radius 1 is 1.33 bits per heavy atom. The van der Waals surface area contributed by atoms with Gasteiger partial charge in [0.15, 0.2) is 0 Å². The monoisotopic (exact) mass is 339 g/mol. The number of hydrogen-bond acceptors (Lipinski definition) is 4. The van der Waals surface area contributed by atoms with E-state index in [0.717, 1.165) is 42.9 Å². The molecular weight excluding hydrogens is 323 g/mol. The molecule has 1 aliphatic rings. The first-order chi connectivity index (χ1) is 11.4. The number of amides is 1. The van der Waals surface area contributed by atoms with Crippen molar-refractivity contribution in [2.24, 2.45) is 0 Å². The first-order valence-corrected chi connectivity index (χ1v) is 7.49. The van der Waals surface area contributed by atoms with Gasteiger partial charge in [0.1, 0.15) is 5.69 Å². The molecule has 1 aliphatic heterocycles. The topological polar surface area (TPSA) is 82.7 Å². The van der Waals surface area contributed by atoms with Crippen LogP contribution in [-0.2, 0) is 12.7 Å². The van der Waals surface area contributed by atoms with Gasteiger partial charge in [0.25, 0.3) is 5.91 Å². The molecule has 24 heavy (non-hydrogen) atoms. The lowest BCUT2D eigenvalue weighted by Crippen LogP contribution is -2.24. The van der Waals surface area contributed by atoms with Crippen LogP contribution >= 0.6 is 0 Å². The van der Waals surface area contributed by atoms with E-state index in [2.05, 4.69) is 25.8 Å². The van der Waals surface area contributed by atoms with E-state index >= 15 is 0 Å². The van der Waals surface area contributed by atoms with Crippen molar-refractivity contribution in [3.63, 3.8) is 0 Å². The van der Waals surface area contributed by atoms with Gasteiger partial charge < -0.3 is 10.6 Å². The van der Waals surface area contributed by atoms with Gasteiger partial charge in [0, 0.05) is 36.5 Å². The molecule has 0 bridgehead atoms. The van der Waals surface area contributed by atoms with Gasteiger partial charge in [-0.1, -0.05) is 0 Å². The zero-order valence-electron chi connectivity index (χ0n) is 12.7. The van der Waals surface area contributed by atoms with Crippen molar-refractivity contribution >= 4 is 5.91 Å². The number of aromatic amines is 1. The molecule has 1 atom stereocenters. The fraction of sp³-hybridized carbons (Fsp3) is 0.400. The zero-order valence-corrected chi connectivity index (χ0v) is 12.7. The quantitative estimate of drug-likeness (QED) is 0.794.